The number of rotatable bonds is 0. The lowest BCUT2D eigenvalue weighted by Gasteiger charge is -2.13. The number of carbonyl (C=O) groups is 1. The van der Waals surface area contributed by atoms with Gasteiger partial charge in [-0.15, -0.1) is 0 Å². The van der Waals surface area contributed by atoms with Crippen LogP contribution < -0.4 is 0 Å². The topological polar surface area (TPSA) is 17.1 Å². The van der Waals surface area contributed by atoms with E-state index in [1.165, 1.54) is 25.7 Å². The fourth-order valence-corrected chi connectivity index (χ4v) is 1.33. The van der Waals surface area contributed by atoms with E-state index in [1.807, 2.05) is 0 Å². The summed E-state index contributed by atoms with van der Waals surface area (Å²) < 4.78 is 9.61. The fourth-order valence-electron chi connectivity index (χ4n) is 1.33. The number of halogens is 1. The Morgan fingerprint density at radius 2 is 1.60 bits per heavy atom. The summed E-state index contributed by atoms with van der Waals surface area (Å²) >= 11 is 0. The van der Waals surface area contributed by atoms with Gasteiger partial charge in [0.05, 0.1) is 0 Å². The second-order valence-electron chi connectivity index (χ2n) is 3.46. The first-order chi connectivity index (χ1) is 4.62. The highest BCUT2D eigenvalue weighted by Gasteiger charge is 2.21. The standard InChI is InChI=1S/C7H14.CHFO/c1-7(2)5-3-4-6-7;2-1-3/h3-6H2,1-2H3;1H. The summed E-state index contributed by atoms with van der Waals surface area (Å²) in [4.78, 5) is 8.14. The molecule has 10 heavy (non-hydrogen) atoms. The van der Waals surface area contributed by atoms with Crippen LogP contribution in [0.5, 0.6) is 0 Å². The molecule has 1 saturated carbocycles. The Balaban J connectivity index is 0.000000236. The van der Waals surface area contributed by atoms with Gasteiger partial charge in [0, 0.05) is 0 Å². The van der Waals surface area contributed by atoms with Crippen LogP contribution in [0.3, 0.4) is 0 Å². The highest BCUT2D eigenvalue weighted by atomic mass is 19.1. The molecule has 0 saturated heterocycles. The first kappa shape index (κ1) is 9.60. The van der Waals surface area contributed by atoms with Gasteiger partial charge >= 0.3 is 0 Å². The van der Waals surface area contributed by atoms with Gasteiger partial charge in [0.15, 0.2) is 0 Å². The summed E-state index contributed by atoms with van der Waals surface area (Å²) in [5.41, 5.74) is 0.694. The number of carbonyl (C=O) groups excluding carboxylic acids is 1. The predicted octanol–water partition coefficient (Wildman–Crippen LogP) is 2.73. The zero-order valence-electron chi connectivity index (χ0n) is 6.69. The van der Waals surface area contributed by atoms with Gasteiger partial charge in [-0.3, -0.25) is 4.79 Å². The smallest absolute Gasteiger partial charge is 0.265 e. The molecule has 0 N–H and O–H groups in total. The van der Waals surface area contributed by atoms with E-state index < -0.39 is 6.54 Å². The van der Waals surface area contributed by atoms with Gasteiger partial charge in [-0.05, 0) is 18.3 Å². The Morgan fingerprint density at radius 1 is 1.30 bits per heavy atom. The normalized spacial score (nSPS) is 21.1. The van der Waals surface area contributed by atoms with Crippen LogP contribution in [0.4, 0.5) is 4.39 Å². The van der Waals surface area contributed by atoms with Gasteiger partial charge in [-0.1, -0.05) is 26.7 Å². The molecule has 0 radical (unpaired) electrons. The van der Waals surface area contributed by atoms with Crippen molar-refractivity contribution in [2.24, 2.45) is 5.41 Å². The summed E-state index contributed by atoms with van der Waals surface area (Å²) in [5.74, 6) is 0. The molecular weight excluding hydrogens is 131 g/mol. The first-order valence-corrected chi connectivity index (χ1v) is 3.66. The van der Waals surface area contributed by atoms with E-state index >= 15 is 0 Å². The molecule has 0 aliphatic heterocycles. The summed E-state index contributed by atoms with van der Waals surface area (Å²) in [6.45, 7) is 3.97. The largest absolute Gasteiger partial charge is 0.289 e. The lowest BCUT2D eigenvalue weighted by atomic mass is 9.92. The van der Waals surface area contributed by atoms with Crippen molar-refractivity contribution in [1.29, 1.82) is 0 Å². The lowest BCUT2D eigenvalue weighted by molar-refractivity contribution is 0.382. The van der Waals surface area contributed by atoms with Crippen molar-refractivity contribution >= 4 is 6.54 Å². The molecule has 0 bridgehead atoms. The average molecular weight is 146 g/mol. The van der Waals surface area contributed by atoms with Crippen LogP contribution in [-0.2, 0) is 4.79 Å². The van der Waals surface area contributed by atoms with Crippen LogP contribution in [0.2, 0.25) is 0 Å². The van der Waals surface area contributed by atoms with E-state index in [1.54, 1.807) is 0 Å². The quantitative estimate of drug-likeness (QED) is 0.379. The second kappa shape index (κ2) is 4.42. The number of hydrogen-bond donors (Lipinski definition) is 0. The average Bonchev–Trinajstić information content (AvgIpc) is 2.16. The molecule has 0 atom stereocenters. The molecular formula is C8H15FO. The van der Waals surface area contributed by atoms with Crippen LogP contribution in [0, 0.1) is 5.41 Å². The van der Waals surface area contributed by atoms with Gasteiger partial charge in [0.2, 0.25) is 0 Å². The van der Waals surface area contributed by atoms with Crippen molar-refractivity contribution in [3.63, 3.8) is 0 Å². The summed E-state index contributed by atoms with van der Waals surface area (Å²) in [6.07, 6.45) is 5.83. The monoisotopic (exact) mass is 146 g/mol. The third-order valence-corrected chi connectivity index (χ3v) is 1.96. The van der Waals surface area contributed by atoms with Gasteiger partial charge in [-0.25, -0.2) is 0 Å². The van der Waals surface area contributed by atoms with Crippen molar-refractivity contribution in [2.75, 3.05) is 0 Å². The minimum atomic E-state index is -0.750. The molecule has 60 valence electrons. The second-order valence-corrected chi connectivity index (χ2v) is 3.46. The molecule has 2 heteroatoms. The first-order valence-electron chi connectivity index (χ1n) is 3.66. The Labute approximate surface area is 61.6 Å². The van der Waals surface area contributed by atoms with E-state index in [2.05, 4.69) is 13.8 Å². The molecule has 0 aromatic heterocycles. The van der Waals surface area contributed by atoms with E-state index in [-0.39, 0.29) is 0 Å². The van der Waals surface area contributed by atoms with Gasteiger partial charge in [0.25, 0.3) is 6.54 Å². The van der Waals surface area contributed by atoms with Crippen LogP contribution in [0.25, 0.3) is 0 Å². The maximum absolute atomic E-state index is 9.61. The molecule has 0 spiro atoms. The summed E-state index contributed by atoms with van der Waals surface area (Å²) in [5, 5.41) is 0. The van der Waals surface area contributed by atoms with Crippen LogP contribution in [-0.4, -0.2) is 6.54 Å². The van der Waals surface area contributed by atoms with Gasteiger partial charge in [-0.2, -0.15) is 4.39 Å². The molecule has 1 nitrogen and oxygen atoms in total. The predicted molar refractivity (Wildman–Crippen MR) is 40.1 cm³/mol. The minimum absolute atomic E-state index is 0.694. The van der Waals surface area contributed by atoms with Crippen LogP contribution in [0.15, 0.2) is 0 Å². The molecule has 1 aliphatic carbocycles. The van der Waals surface area contributed by atoms with Crippen molar-refractivity contribution in [1.82, 2.24) is 0 Å². The Morgan fingerprint density at radius 3 is 1.70 bits per heavy atom. The van der Waals surface area contributed by atoms with E-state index in [9.17, 15) is 4.39 Å². The van der Waals surface area contributed by atoms with Crippen molar-refractivity contribution in [3.05, 3.63) is 0 Å². The zero-order valence-corrected chi connectivity index (χ0v) is 6.69. The minimum Gasteiger partial charge on any atom is -0.265 e. The molecule has 0 aromatic carbocycles. The molecule has 0 unspecified atom stereocenters. The van der Waals surface area contributed by atoms with Gasteiger partial charge < -0.3 is 0 Å². The lowest BCUT2D eigenvalue weighted by Crippen LogP contribution is -2.01. The third-order valence-electron chi connectivity index (χ3n) is 1.96. The molecule has 0 heterocycles. The Hall–Kier alpha value is -0.400. The van der Waals surface area contributed by atoms with Crippen molar-refractivity contribution < 1.29 is 9.18 Å². The zero-order chi connectivity index (χ0) is 8.04. The fraction of sp³-hybridized carbons (Fsp3) is 0.875. The van der Waals surface area contributed by atoms with Gasteiger partial charge in [0.1, 0.15) is 0 Å². The molecule has 1 aliphatic rings. The van der Waals surface area contributed by atoms with E-state index in [0.717, 1.165) is 0 Å². The van der Waals surface area contributed by atoms with Crippen LogP contribution in [0.1, 0.15) is 39.5 Å². The SMILES string of the molecule is CC1(C)CCCC1.O=CF. The summed E-state index contributed by atoms with van der Waals surface area (Å²) in [7, 11) is 0. The highest BCUT2D eigenvalue weighted by Crippen LogP contribution is 2.36. The van der Waals surface area contributed by atoms with Crippen LogP contribution >= 0.6 is 0 Å². The summed E-state index contributed by atoms with van der Waals surface area (Å²) in [6, 6.07) is 0. The molecule has 0 aromatic rings. The van der Waals surface area contributed by atoms with Crippen molar-refractivity contribution in [3.8, 4) is 0 Å². The van der Waals surface area contributed by atoms with E-state index in [4.69, 9.17) is 4.79 Å². The number of hydrogen-bond acceptors (Lipinski definition) is 1. The molecule has 1 rings (SSSR count). The third kappa shape index (κ3) is 4.48. The maximum atomic E-state index is 9.61. The maximum Gasteiger partial charge on any atom is 0.289 e. The molecule has 0 amide bonds. The highest BCUT2D eigenvalue weighted by molar-refractivity contribution is 5.35. The Kier molecular flexibility index (Phi) is 4.24. The Bertz CT molecular complexity index is 91.4. The van der Waals surface area contributed by atoms with E-state index in [0.29, 0.717) is 5.41 Å². The molecule has 1 fully saturated rings. The van der Waals surface area contributed by atoms with Crippen molar-refractivity contribution in [2.45, 2.75) is 39.5 Å².